The summed E-state index contributed by atoms with van der Waals surface area (Å²) < 4.78 is 0. The number of anilines is 2. The molecule has 0 radical (unpaired) electrons. The van der Waals surface area contributed by atoms with Crippen LogP contribution in [0.5, 0.6) is 0 Å². The number of rotatable bonds is 5. The van der Waals surface area contributed by atoms with Crippen molar-refractivity contribution in [3.63, 3.8) is 0 Å². The summed E-state index contributed by atoms with van der Waals surface area (Å²) in [7, 11) is 0. The maximum absolute atomic E-state index is 6.28. The summed E-state index contributed by atoms with van der Waals surface area (Å²) in [5, 5.41) is 4.05. The fourth-order valence-corrected chi connectivity index (χ4v) is 3.49. The van der Waals surface area contributed by atoms with Crippen molar-refractivity contribution in [2.75, 3.05) is 11.1 Å². The van der Waals surface area contributed by atoms with Gasteiger partial charge in [-0.2, -0.15) is 0 Å². The molecule has 2 aromatic rings. The van der Waals surface area contributed by atoms with Crippen molar-refractivity contribution in [3.8, 4) is 0 Å². The molecule has 0 heterocycles. The van der Waals surface area contributed by atoms with Gasteiger partial charge < -0.3 is 11.1 Å². The van der Waals surface area contributed by atoms with Gasteiger partial charge in [0, 0.05) is 16.1 Å². The standard InChI is InChI=1S/C16H17ClN2S2/c1-3-21-13-9-5-8-12(14(13)16(18)20)19-15-10(2)6-4-7-11(15)17/h4-9,19H,3H2,1-2H3,(H2,18,20). The first-order chi connectivity index (χ1) is 10.0. The predicted molar refractivity (Wildman–Crippen MR) is 98.2 cm³/mol. The summed E-state index contributed by atoms with van der Waals surface area (Å²) in [4.78, 5) is 1.47. The number of halogens is 1. The Kier molecular flexibility index (Phi) is 5.51. The van der Waals surface area contributed by atoms with E-state index in [0.29, 0.717) is 10.0 Å². The van der Waals surface area contributed by atoms with E-state index in [9.17, 15) is 0 Å². The van der Waals surface area contributed by atoms with Gasteiger partial charge in [-0.1, -0.05) is 48.9 Å². The van der Waals surface area contributed by atoms with Crippen LogP contribution < -0.4 is 11.1 Å². The van der Waals surface area contributed by atoms with Crippen molar-refractivity contribution in [1.82, 2.24) is 0 Å². The Morgan fingerprint density at radius 3 is 2.62 bits per heavy atom. The smallest absolute Gasteiger partial charge is 0.107 e. The highest BCUT2D eigenvalue weighted by atomic mass is 35.5. The second-order valence-electron chi connectivity index (χ2n) is 4.53. The predicted octanol–water partition coefficient (Wildman–Crippen LogP) is 5.14. The first-order valence-electron chi connectivity index (χ1n) is 6.62. The Labute approximate surface area is 140 Å². The Balaban J connectivity index is 2.49. The summed E-state index contributed by atoms with van der Waals surface area (Å²) in [6, 6.07) is 11.8. The lowest BCUT2D eigenvalue weighted by atomic mass is 10.1. The van der Waals surface area contributed by atoms with Gasteiger partial charge in [-0.15, -0.1) is 11.8 Å². The van der Waals surface area contributed by atoms with E-state index in [4.69, 9.17) is 29.6 Å². The van der Waals surface area contributed by atoms with Crippen LogP contribution in [-0.4, -0.2) is 10.7 Å². The fourth-order valence-electron chi connectivity index (χ4n) is 2.09. The van der Waals surface area contributed by atoms with Crippen molar-refractivity contribution in [2.45, 2.75) is 18.7 Å². The summed E-state index contributed by atoms with van der Waals surface area (Å²) in [6.07, 6.45) is 0. The number of aryl methyl sites for hydroxylation is 1. The zero-order chi connectivity index (χ0) is 15.4. The van der Waals surface area contributed by atoms with E-state index < -0.39 is 0 Å². The summed E-state index contributed by atoms with van der Waals surface area (Å²) >= 11 is 13.2. The molecule has 21 heavy (non-hydrogen) atoms. The van der Waals surface area contributed by atoms with Crippen LogP contribution in [0.2, 0.25) is 5.02 Å². The SMILES string of the molecule is CCSc1cccc(Nc2c(C)cccc2Cl)c1C(N)=S. The highest BCUT2D eigenvalue weighted by Gasteiger charge is 2.13. The first-order valence-corrected chi connectivity index (χ1v) is 8.39. The topological polar surface area (TPSA) is 38.0 Å². The minimum Gasteiger partial charge on any atom is -0.389 e. The lowest BCUT2D eigenvalue weighted by molar-refractivity contribution is 1.36. The molecule has 0 saturated heterocycles. The van der Waals surface area contributed by atoms with Crippen LogP contribution >= 0.6 is 35.6 Å². The van der Waals surface area contributed by atoms with Crippen molar-refractivity contribution >= 4 is 51.9 Å². The monoisotopic (exact) mass is 336 g/mol. The molecule has 0 spiro atoms. The third-order valence-electron chi connectivity index (χ3n) is 3.05. The van der Waals surface area contributed by atoms with Crippen LogP contribution in [-0.2, 0) is 0 Å². The van der Waals surface area contributed by atoms with E-state index >= 15 is 0 Å². The van der Waals surface area contributed by atoms with Crippen molar-refractivity contribution in [2.24, 2.45) is 5.73 Å². The molecular weight excluding hydrogens is 320 g/mol. The zero-order valence-corrected chi connectivity index (χ0v) is 14.3. The number of hydrogen-bond acceptors (Lipinski definition) is 3. The average molecular weight is 337 g/mol. The van der Waals surface area contributed by atoms with Crippen molar-refractivity contribution in [3.05, 3.63) is 52.5 Å². The quantitative estimate of drug-likeness (QED) is 0.585. The molecule has 0 aliphatic heterocycles. The maximum atomic E-state index is 6.28. The Hall–Kier alpha value is -1.23. The largest absolute Gasteiger partial charge is 0.389 e. The van der Waals surface area contributed by atoms with Crippen LogP contribution in [0.4, 0.5) is 11.4 Å². The molecule has 2 nitrogen and oxygen atoms in total. The number of thiocarbonyl (C=S) groups is 1. The summed E-state index contributed by atoms with van der Waals surface area (Å²) in [5.74, 6) is 0.962. The molecule has 3 N–H and O–H groups in total. The number of para-hydroxylation sites is 1. The maximum Gasteiger partial charge on any atom is 0.107 e. The van der Waals surface area contributed by atoms with Gasteiger partial charge in [-0.25, -0.2) is 0 Å². The summed E-state index contributed by atoms with van der Waals surface area (Å²) in [5.41, 5.74) is 9.64. The van der Waals surface area contributed by atoms with Crippen molar-refractivity contribution < 1.29 is 0 Å². The number of thioether (sulfide) groups is 1. The van der Waals surface area contributed by atoms with Gasteiger partial charge in [0.1, 0.15) is 4.99 Å². The zero-order valence-electron chi connectivity index (χ0n) is 11.9. The van der Waals surface area contributed by atoms with Crippen LogP contribution in [0.15, 0.2) is 41.3 Å². The van der Waals surface area contributed by atoms with Gasteiger partial charge in [-0.05, 0) is 36.4 Å². The molecule has 0 aromatic heterocycles. The molecule has 0 atom stereocenters. The Morgan fingerprint density at radius 2 is 2.00 bits per heavy atom. The van der Waals surface area contributed by atoms with Crippen LogP contribution in [0.25, 0.3) is 0 Å². The molecule has 0 fully saturated rings. The van der Waals surface area contributed by atoms with Crippen LogP contribution in [0.3, 0.4) is 0 Å². The lowest BCUT2D eigenvalue weighted by Gasteiger charge is -2.17. The molecule has 5 heteroatoms. The third-order valence-corrected chi connectivity index (χ3v) is 4.51. The molecular formula is C16H17ClN2S2. The van der Waals surface area contributed by atoms with Gasteiger partial charge in [-0.3, -0.25) is 0 Å². The second-order valence-corrected chi connectivity index (χ2v) is 6.69. The van der Waals surface area contributed by atoms with E-state index in [0.717, 1.165) is 33.2 Å². The number of hydrogen-bond donors (Lipinski definition) is 2. The summed E-state index contributed by atoms with van der Waals surface area (Å²) in [6.45, 7) is 4.12. The van der Waals surface area contributed by atoms with E-state index in [2.05, 4.69) is 12.2 Å². The van der Waals surface area contributed by atoms with Gasteiger partial charge in [0.05, 0.1) is 10.7 Å². The molecule has 0 aliphatic rings. The highest BCUT2D eigenvalue weighted by molar-refractivity contribution is 7.99. The number of benzene rings is 2. The molecule has 0 unspecified atom stereocenters. The van der Waals surface area contributed by atoms with E-state index in [1.165, 1.54) is 0 Å². The molecule has 0 saturated carbocycles. The molecule has 2 aromatic carbocycles. The first kappa shape index (κ1) is 16.1. The normalized spacial score (nSPS) is 10.4. The van der Waals surface area contributed by atoms with E-state index in [-0.39, 0.29) is 0 Å². The fraction of sp³-hybridized carbons (Fsp3) is 0.188. The van der Waals surface area contributed by atoms with Gasteiger partial charge in [0.25, 0.3) is 0 Å². The highest BCUT2D eigenvalue weighted by Crippen LogP contribution is 2.34. The minimum atomic E-state index is 0.388. The lowest BCUT2D eigenvalue weighted by Crippen LogP contribution is -2.13. The number of nitrogens with one attached hydrogen (secondary N) is 1. The molecule has 0 bridgehead atoms. The van der Waals surface area contributed by atoms with Crippen LogP contribution in [0, 0.1) is 6.92 Å². The molecule has 0 amide bonds. The van der Waals surface area contributed by atoms with Gasteiger partial charge in [0.15, 0.2) is 0 Å². The third kappa shape index (κ3) is 3.70. The Bertz CT molecular complexity index is 651. The van der Waals surface area contributed by atoms with Gasteiger partial charge in [0.2, 0.25) is 0 Å². The minimum absolute atomic E-state index is 0.388. The second kappa shape index (κ2) is 7.16. The van der Waals surface area contributed by atoms with E-state index in [1.807, 2.05) is 43.3 Å². The van der Waals surface area contributed by atoms with Gasteiger partial charge >= 0.3 is 0 Å². The average Bonchev–Trinajstić information content (AvgIpc) is 2.43. The molecule has 2 rings (SSSR count). The van der Waals surface area contributed by atoms with Crippen LogP contribution in [0.1, 0.15) is 18.1 Å². The van der Waals surface area contributed by atoms with Crippen molar-refractivity contribution in [1.29, 1.82) is 0 Å². The number of nitrogens with two attached hydrogens (primary N) is 1. The Morgan fingerprint density at radius 1 is 1.29 bits per heavy atom. The van der Waals surface area contributed by atoms with E-state index in [1.54, 1.807) is 11.8 Å². The molecule has 0 aliphatic carbocycles. The molecule has 110 valence electrons.